The second-order valence-corrected chi connectivity index (χ2v) is 4.46. The van der Waals surface area contributed by atoms with Gasteiger partial charge in [-0.2, -0.15) is 5.26 Å². The Morgan fingerprint density at radius 1 is 1.35 bits per heavy atom. The number of aromatic nitrogens is 1. The van der Waals surface area contributed by atoms with E-state index in [4.69, 9.17) is 15.7 Å². The average Bonchev–Trinajstić information content (AvgIpc) is 2.47. The summed E-state index contributed by atoms with van der Waals surface area (Å²) in [5.41, 5.74) is 7.71. The molecule has 0 unspecified atom stereocenters. The number of nitrogen functional groups attached to an aromatic ring is 1. The predicted molar refractivity (Wildman–Crippen MR) is 78.5 cm³/mol. The minimum absolute atomic E-state index is 0.473. The summed E-state index contributed by atoms with van der Waals surface area (Å²) in [6.07, 6.45) is 1.56. The van der Waals surface area contributed by atoms with E-state index in [0.29, 0.717) is 23.6 Å². The van der Waals surface area contributed by atoms with Gasteiger partial charge in [0.05, 0.1) is 24.6 Å². The number of anilines is 2. The Hall–Kier alpha value is -2.74. The third-order valence-electron chi connectivity index (χ3n) is 2.95. The van der Waals surface area contributed by atoms with Gasteiger partial charge in [-0.25, -0.2) is 4.98 Å². The minimum Gasteiger partial charge on any atom is -0.497 e. The van der Waals surface area contributed by atoms with E-state index in [1.165, 1.54) is 0 Å². The van der Waals surface area contributed by atoms with E-state index >= 15 is 0 Å². The lowest BCUT2D eigenvalue weighted by Gasteiger charge is -2.19. The molecule has 0 bridgehead atoms. The number of pyridine rings is 1. The first kappa shape index (κ1) is 13.7. The second kappa shape index (κ2) is 5.93. The summed E-state index contributed by atoms with van der Waals surface area (Å²) in [5, 5.41) is 9.14. The predicted octanol–water partition coefficient (Wildman–Crippen LogP) is 2.18. The van der Waals surface area contributed by atoms with Gasteiger partial charge >= 0.3 is 0 Å². The molecule has 1 heterocycles. The topological polar surface area (TPSA) is 75.2 Å². The third-order valence-corrected chi connectivity index (χ3v) is 2.95. The average molecular weight is 268 g/mol. The monoisotopic (exact) mass is 268 g/mol. The molecular formula is C15H16N4O. The summed E-state index contributed by atoms with van der Waals surface area (Å²) in [4.78, 5) is 6.15. The van der Waals surface area contributed by atoms with Crippen molar-refractivity contribution < 1.29 is 4.74 Å². The van der Waals surface area contributed by atoms with Crippen LogP contribution >= 0.6 is 0 Å². The Morgan fingerprint density at radius 3 is 2.65 bits per heavy atom. The highest BCUT2D eigenvalue weighted by Crippen LogP contribution is 2.20. The van der Waals surface area contributed by atoms with Gasteiger partial charge in [-0.3, -0.25) is 0 Å². The van der Waals surface area contributed by atoms with Crippen molar-refractivity contribution in [3.8, 4) is 11.8 Å². The molecule has 2 aromatic rings. The van der Waals surface area contributed by atoms with Crippen LogP contribution in [0.2, 0.25) is 0 Å². The molecule has 1 aromatic carbocycles. The van der Waals surface area contributed by atoms with Gasteiger partial charge in [0.2, 0.25) is 0 Å². The van der Waals surface area contributed by atoms with Gasteiger partial charge in [0.1, 0.15) is 17.6 Å². The number of hydrogen-bond donors (Lipinski definition) is 1. The van der Waals surface area contributed by atoms with Crippen LogP contribution in [0.1, 0.15) is 11.1 Å². The van der Waals surface area contributed by atoms with Crippen molar-refractivity contribution in [1.29, 1.82) is 5.26 Å². The lowest BCUT2D eigenvalue weighted by Crippen LogP contribution is -2.19. The number of rotatable bonds is 4. The van der Waals surface area contributed by atoms with Crippen molar-refractivity contribution in [2.45, 2.75) is 6.54 Å². The zero-order valence-corrected chi connectivity index (χ0v) is 11.5. The van der Waals surface area contributed by atoms with Gasteiger partial charge in [0, 0.05) is 13.6 Å². The molecule has 2 rings (SSSR count). The summed E-state index contributed by atoms with van der Waals surface area (Å²) >= 11 is 0. The molecule has 102 valence electrons. The lowest BCUT2D eigenvalue weighted by molar-refractivity contribution is 0.414. The normalized spacial score (nSPS) is 9.85. The number of methoxy groups -OCH3 is 1. The molecule has 0 spiro atoms. The molecule has 0 atom stereocenters. The highest BCUT2D eigenvalue weighted by molar-refractivity contribution is 5.58. The van der Waals surface area contributed by atoms with Crippen LogP contribution in [0, 0.1) is 11.3 Å². The van der Waals surface area contributed by atoms with Crippen LogP contribution < -0.4 is 15.4 Å². The van der Waals surface area contributed by atoms with Gasteiger partial charge in [0.25, 0.3) is 0 Å². The zero-order chi connectivity index (χ0) is 14.5. The van der Waals surface area contributed by atoms with Crippen LogP contribution in [0.4, 0.5) is 11.5 Å². The maximum Gasteiger partial charge on any atom is 0.146 e. The van der Waals surface area contributed by atoms with Gasteiger partial charge in [-0.1, -0.05) is 12.1 Å². The number of hydrogen-bond acceptors (Lipinski definition) is 5. The smallest absolute Gasteiger partial charge is 0.146 e. The van der Waals surface area contributed by atoms with Crippen LogP contribution in [0.15, 0.2) is 36.5 Å². The number of benzene rings is 1. The number of ether oxygens (including phenoxy) is 1. The van der Waals surface area contributed by atoms with E-state index in [-0.39, 0.29) is 0 Å². The lowest BCUT2D eigenvalue weighted by atomic mass is 10.2. The molecule has 0 fully saturated rings. The molecule has 0 aliphatic carbocycles. The molecular weight excluding hydrogens is 252 g/mol. The van der Waals surface area contributed by atoms with Gasteiger partial charge < -0.3 is 15.4 Å². The zero-order valence-electron chi connectivity index (χ0n) is 11.5. The summed E-state index contributed by atoms with van der Waals surface area (Å²) < 4.78 is 5.13. The van der Waals surface area contributed by atoms with Gasteiger partial charge in [-0.15, -0.1) is 0 Å². The molecule has 0 aliphatic rings. The standard InChI is InChI=1S/C15H16N4O/c1-19(10-11-3-5-14(20-2)6-4-11)15-12(8-16)7-13(17)9-18-15/h3-7,9H,10,17H2,1-2H3. The summed E-state index contributed by atoms with van der Waals surface area (Å²) in [5.74, 6) is 1.44. The molecule has 0 radical (unpaired) electrons. The number of nitrogens with two attached hydrogens (primary N) is 1. The van der Waals surface area contributed by atoms with Crippen LogP contribution in [0.3, 0.4) is 0 Å². The fraction of sp³-hybridized carbons (Fsp3) is 0.200. The molecule has 0 aliphatic heterocycles. The molecule has 5 nitrogen and oxygen atoms in total. The van der Waals surface area contributed by atoms with E-state index in [0.717, 1.165) is 11.3 Å². The Bertz CT molecular complexity index is 631. The van der Waals surface area contributed by atoms with Crippen molar-refractivity contribution in [2.24, 2.45) is 0 Å². The minimum atomic E-state index is 0.473. The maximum atomic E-state index is 9.14. The van der Waals surface area contributed by atoms with Crippen molar-refractivity contribution in [2.75, 3.05) is 24.8 Å². The molecule has 0 saturated carbocycles. The Balaban J connectivity index is 2.19. The largest absolute Gasteiger partial charge is 0.497 e. The number of nitriles is 1. The SMILES string of the molecule is COc1ccc(CN(C)c2ncc(N)cc2C#N)cc1. The first-order valence-corrected chi connectivity index (χ1v) is 6.13. The van der Waals surface area contributed by atoms with E-state index < -0.39 is 0 Å². The Labute approximate surface area is 118 Å². The second-order valence-electron chi connectivity index (χ2n) is 4.46. The first-order valence-electron chi connectivity index (χ1n) is 6.13. The third kappa shape index (κ3) is 2.98. The van der Waals surface area contributed by atoms with Crippen molar-refractivity contribution in [1.82, 2.24) is 4.98 Å². The van der Waals surface area contributed by atoms with Crippen LogP contribution in [-0.2, 0) is 6.54 Å². The number of nitrogens with zero attached hydrogens (tertiary/aromatic N) is 3. The van der Waals surface area contributed by atoms with Crippen LogP contribution in [0.5, 0.6) is 5.75 Å². The molecule has 20 heavy (non-hydrogen) atoms. The molecule has 0 amide bonds. The summed E-state index contributed by atoms with van der Waals surface area (Å²) in [6, 6.07) is 11.5. The van der Waals surface area contributed by atoms with Crippen molar-refractivity contribution in [3.05, 3.63) is 47.7 Å². The summed E-state index contributed by atoms with van der Waals surface area (Å²) in [6.45, 7) is 0.648. The molecule has 2 N–H and O–H groups in total. The quantitative estimate of drug-likeness (QED) is 0.919. The van der Waals surface area contributed by atoms with Crippen LogP contribution in [0.25, 0.3) is 0 Å². The fourth-order valence-corrected chi connectivity index (χ4v) is 1.94. The van der Waals surface area contributed by atoms with Crippen molar-refractivity contribution in [3.63, 3.8) is 0 Å². The van der Waals surface area contributed by atoms with Crippen molar-refractivity contribution >= 4 is 11.5 Å². The molecule has 1 aromatic heterocycles. The molecule has 0 saturated heterocycles. The highest BCUT2D eigenvalue weighted by atomic mass is 16.5. The Kier molecular flexibility index (Phi) is 4.06. The van der Waals surface area contributed by atoms with Gasteiger partial charge in [0.15, 0.2) is 0 Å². The van der Waals surface area contributed by atoms with Crippen LogP contribution in [-0.4, -0.2) is 19.1 Å². The summed E-state index contributed by atoms with van der Waals surface area (Å²) in [7, 11) is 3.53. The maximum absolute atomic E-state index is 9.14. The fourth-order valence-electron chi connectivity index (χ4n) is 1.94. The van der Waals surface area contributed by atoms with E-state index in [1.54, 1.807) is 19.4 Å². The van der Waals surface area contributed by atoms with E-state index in [1.807, 2.05) is 36.2 Å². The van der Waals surface area contributed by atoms with Gasteiger partial charge in [-0.05, 0) is 23.8 Å². The first-order chi connectivity index (χ1) is 9.63. The molecule has 5 heteroatoms. The van der Waals surface area contributed by atoms with E-state index in [2.05, 4.69) is 11.1 Å². The Morgan fingerprint density at radius 2 is 2.05 bits per heavy atom. The highest BCUT2D eigenvalue weighted by Gasteiger charge is 2.10. The van der Waals surface area contributed by atoms with E-state index in [9.17, 15) is 0 Å².